The first-order valence-electron chi connectivity index (χ1n) is 9.21. The summed E-state index contributed by atoms with van der Waals surface area (Å²) in [5.41, 5.74) is 0. The van der Waals surface area contributed by atoms with Gasteiger partial charge in [0.1, 0.15) is 0 Å². The molecule has 2 fully saturated rings. The Hall–Kier alpha value is -0.970. The molecular formula is C19H26Cl2N2O2. The molecule has 1 saturated carbocycles. The summed E-state index contributed by atoms with van der Waals surface area (Å²) in [6.45, 7) is 4.04. The molecule has 0 bridgehead atoms. The lowest BCUT2D eigenvalue weighted by Crippen LogP contribution is -2.54. The number of rotatable bonds is 5. The van der Waals surface area contributed by atoms with Crippen LogP contribution in [-0.4, -0.2) is 42.1 Å². The summed E-state index contributed by atoms with van der Waals surface area (Å²) in [6.07, 6.45) is 6.50. The second-order valence-electron chi connectivity index (χ2n) is 7.02. The molecule has 6 heteroatoms. The van der Waals surface area contributed by atoms with Crippen molar-refractivity contribution in [2.24, 2.45) is 0 Å². The molecular weight excluding hydrogens is 359 g/mol. The molecule has 0 spiro atoms. The quantitative estimate of drug-likeness (QED) is 0.823. The number of amides is 1. The highest BCUT2D eigenvalue weighted by Crippen LogP contribution is 2.33. The van der Waals surface area contributed by atoms with Gasteiger partial charge in [0, 0.05) is 12.1 Å². The van der Waals surface area contributed by atoms with Crippen molar-refractivity contribution in [2.75, 3.05) is 13.1 Å². The molecule has 1 N–H and O–H groups in total. The maximum atomic E-state index is 12.7. The average molecular weight is 385 g/mol. The summed E-state index contributed by atoms with van der Waals surface area (Å²) >= 11 is 12.3. The third kappa shape index (κ3) is 4.60. The minimum absolute atomic E-state index is 0.105. The predicted octanol–water partition coefficient (Wildman–Crippen LogP) is 4.28. The Labute approximate surface area is 159 Å². The molecule has 3 rings (SSSR count). The Kier molecular flexibility index (Phi) is 6.48. The number of hydrogen-bond acceptors (Lipinski definition) is 3. The van der Waals surface area contributed by atoms with E-state index in [2.05, 4.69) is 10.2 Å². The van der Waals surface area contributed by atoms with Gasteiger partial charge in [0.2, 0.25) is 0 Å². The SMILES string of the molecule is CC(Oc1c(Cl)cccc1Cl)C(=O)NC1CCCCC1N1CCCC1. The van der Waals surface area contributed by atoms with Gasteiger partial charge in [0.25, 0.3) is 5.91 Å². The van der Waals surface area contributed by atoms with Gasteiger partial charge < -0.3 is 10.1 Å². The van der Waals surface area contributed by atoms with Crippen LogP contribution in [0.15, 0.2) is 18.2 Å². The number of halogens is 2. The monoisotopic (exact) mass is 384 g/mol. The van der Waals surface area contributed by atoms with Crippen LogP contribution >= 0.6 is 23.2 Å². The Balaban J connectivity index is 1.61. The first kappa shape index (κ1) is 18.8. The lowest BCUT2D eigenvalue weighted by molar-refractivity contribution is -0.128. The van der Waals surface area contributed by atoms with E-state index in [1.807, 2.05) is 0 Å². The molecule has 0 radical (unpaired) electrons. The highest BCUT2D eigenvalue weighted by molar-refractivity contribution is 6.37. The number of para-hydroxylation sites is 1. The van der Waals surface area contributed by atoms with Crippen molar-refractivity contribution in [3.8, 4) is 5.75 Å². The van der Waals surface area contributed by atoms with E-state index in [1.165, 1.54) is 25.7 Å². The number of carbonyl (C=O) groups excluding carboxylic acids is 1. The number of carbonyl (C=O) groups is 1. The summed E-state index contributed by atoms with van der Waals surface area (Å²) in [6, 6.07) is 5.82. The van der Waals surface area contributed by atoms with Crippen molar-refractivity contribution >= 4 is 29.1 Å². The molecule has 3 unspecified atom stereocenters. The van der Waals surface area contributed by atoms with Gasteiger partial charge in [-0.15, -0.1) is 0 Å². The summed E-state index contributed by atoms with van der Waals surface area (Å²) in [5.74, 6) is 0.264. The number of benzene rings is 1. The largest absolute Gasteiger partial charge is 0.478 e. The van der Waals surface area contributed by atoms with E-state index in [4.69, 9.17) is 27.9 Å². The summed E-state index contributed by atoms with van der Waals surface area (Å²) < 4.78 is 5.75. The predicted molar refractivity (Wildman–Crippen MR) is 102 cm³/mol. The minimum Gasteiger partial charge on any atom is -0.478 e. The van der Waals surface area contributed by atoms with E-state index in [0.29, 0.717) is 21.8 Å². The molecule has 3 atom stereocenters. The van der Waals surface area contributed by atoms with Crippen molar-refractivity contribution < 1.29 is 9.53 Å². The van der Waals surface area contributed by atoms with Crippen LogP contribution in [-0.2, 0) is 4.79 Å². The number of ether oxygens (including phenoxy) is 1. The second-order valence-corrected chi connectivity index (χ2v) is 7.84. The van der Waals surface area contributed by atoms with Crippen molar-refractivity contribution in [2.45, 2.75) is 63.6 Å². The Morgan fingerprint density at radius 1 is 1.16 bits per heavy atom. The normalized spacial score (nSPS) is 25.6. The Morgan fingerprint density at radius 2 is 1.80 bits per heavy atom. The molecule has 138 valence electrons. The van der Waals surface area contributed by atoms with Gasteiger partial charge in [-0.3, -0.25) is 9.69 Å². The molecule has 1 aromatic rings. The van der Waals surface area contributed by atoms with Crippen LogP contribution in [0.3, 0.4) is 0 Å². The summed E-state index contributed by atoms with van der Waals surface area (Å²) in [7, 11) is 0. The first-order valence-corrected chi connectivity index (χ1v) is 9.97. The van der Waals surface area contributed by atoms with E-state index in [-0.39, 0.29) is 11.9 Å². The number of hydrogen-bond donors (Lipinski definition) is 1. The zero-order valence-corrected chi connectivity index (χ0v) is 16.2. The lowest BCUT2D eigenvalue weighted by atomic mass is 9.89. The lowest BCUT2D eigenvalue weighted by Gasteiger charge is -2.38. The fourth-order valence-corrected chi connectivity index (χ4v) is 4.40. The topological polar surface area (TPSA) is 41.6 Å². The molecule has 1 aliphatic carbocycles. The maximum Gasteiger partial charge on any atom is 0.261 e. The van der Waals surface area contributed by atoms with Crippen molar-refractivity contribution in [3.63, 3.8) is 0 Å². The Bertz CT molecular complexity index is 585. The molecule has 1 amide bonds. The first-order chi connectivity index (χ1) is 12.1. The van der Waals surface area contributed by atoms with Crippen LogP contribution in [0, 0.1) is 0 Å². The molecule has 0 aromatic heterocycles. The fourth-order valence-electron chi connectivity index (χ4n) is 3.92. The highest BCUT2D eigenvalue weighted by atomic mass is 35.5. The molecule has 1 aliphatic heterocycles. The smallest absolute Gasteiger partial charge is 0.261 e. The Morgan fingerprint density at radius 3 is 2.48 bits per heavy atom. The van der Waals surface area contributed by atoms with E-state index in [9.17, 15) is 4.79 Å². The molecule has 1 aromatic carbocycles. The van der Waals surface area contributed by atoms with E-state index in [0.717, 1.165) is 25.9 Å². The van der Waals surface area contributed by atoms with Crippen LogP contribution in [0.1, 0.15) is 45.4 Å². The highest BCUT2D eigenvalue weighted by Gasteiger charge is 2.33. The molecule has 4 nitrogen and oxygen atoms in total. The molecule has 1 saturated heterocycles. The van der Waals surface area contributed by atoms with Gasteiger partial charge in [-0.25, -0.2) is 0 Å². The van der Waals surface area contributed by atoms with Crippen LogP contribution in [0.25, 0.3) is 0 Å². The number of likely N-dealkylation sites (tertiary alicyclic amines) is 1. The summed E-state index contributed by atoms with van der Waals surface area (Å²) in [5, 5.41) is 4.05. The zero-order chi connectivity index (χ0) is 17.8. The second kappa shape index (κ2) is 8.61. The molecule has 25 heavy (non-hydrogen) atoms. The van der Waals surface area contributed by atoms with Crippen molar-refractivity contribution in [3.05, 3.63) is 28.2 Å². The standard InChI is InChI=1S/C19H26Cl2N2O2/c1-13(25-18-14(20)7-6-8-15(18)21)19(24)22-16-9-2-3-10-17(16)23-11-4-5-12-23/h6-8,13,16-17H,2-5,9-12H2,1H3,(H,22,24). The van der Waals surface area contributed by atoms with E-state index < -0.39 is 6.10 Å². The molecule has 1 heterocycles. The maximum absolute atomic E-state index is 12.7. The average Bonchev–Trinajstić information content (AvgIpc) is 3.13. The van der Waals surface area contributed by atoms with Crippen molar-refractivity contribution in [1.29, 1.82) is 0 Å². The number of nitrogens with zero attached hydrogens (tertiary/aromatic N) is 1. The minimum atomic E-state index is -0.640. The van der Waals surface area contributed by atoms with Gasteiger partial charge in [0.15, 0.2) is 11.9 Å². The van der Waals surface area contributed by atoms with Crippen molar-refractivity contribution in [1.82, 2.24) is 10.2 Å². The van der Waals surface area contributed by atoms with Gasteiger partial charge in [0.05, 0.1) is 10.0 Å². The van der Waals surface area contributed by atoms with Gasteiger partial charge in [-0.05, 0) is 57.8 Å². The van der Waals surface area contributed by atoms with Crippen LogP contribution in [0.5, 0.6) is 5.75 Å². The van der Waals surface area contributed by atoms with Gasteiger partial charge >= 0.3 is 0 Å². The van der Waals surface area contributed by atoms with E-state index >= 15 is 0 Å². The van der Waals surface area contributed by atoms with Crippen LogP contribution < -0.4 is 10.1 Å². The fraction of sp³-hybridized carbons (Fsp3) is 0.632. The van der Waals surface area contributed by atoms with E-state index in [1.54, 1.807) is 25.1 Å². The zero-order valence-electron chi connectivity index (χ0n) is 14.6. The van der Waals surface area contributed by atoms with Gasteiger partial charge in [-0.1, -0.05) is 42.1 Å². The third-order valence-electron chi connectivity index (χ3n) is 5.25. The third-order valence-corrected chi connectivity index (χ3v) is 5.84. The summed E-state index contributed by atoms with van der Waals surface area (Å²) in [4.78, 5) is 15.2. The number of nitrogens with one attached hydrogen (secondary N) is 1. The molecule has 2 aliphatic rings. The van der Waals surface area contributed by atoms with Crippen LogP contribution in [0.2, 0.25) is 10.0 Å². The van der Waals surface area contributed by atoms with Gasteiger partial charge in [-0.2, -0.15) is 0 Å². The van der Waals surface area contributed by atoms with Crippen LogP contribution in [0.4, 0.5) is 0 Å².